The lowest BCUT2D eigenvalue weighted by Crippen LogP contribution is -2.35. The van der Waals surface area contributed by atoms with E-state index in [1.54, 1.807) is 39.9 Å². The fourth-order valence-corrected chi connectivity index (χ4v) is 5.58. The third kappa shape index (κ3) is 3.13. The molecule has 0 saturated heterocycles. The van der Waals surface area contributed by atoms with E-state index >= 15 is 0 Å². The van der Waals surface area contributed by atoms with Crippen LogP contribution in [0.3, 0.4) is 0 Å². The van der Waals surface area contributed by atoms with Gasteiger partial charge in [-0.05, 0) is 19.1 Å². The van der Waals surface area contributed by atoms with Crippen LogP contribution in [0.15, 0.2) is 59.5 Å². The summed E-state index contributed by atoms with van der Waals surface area (Å²) >= 11 is 1.59. The van der Waals surface area contributed by atoms with Crippen LogP contribution in [0.1, 0.15) is 16.1 Å². The van der Waals surface area contributed by atoms with Gasteiger partial charge in [0, 0.05) is 23.4 Å². The summed E-state index contributed by atoms with van der Waals surface area (Å²) in [6.45, 7) is 2.93. The van der Waals surface area contributed by atoms with Crippen molar-refractivity contribution in [1.82, 2.24) is 9.29 Å². The summed E-state index contributed by atoms with van der Waals surface area (Å²) < 4.78 is 27.2. The minimum atomic E-state index is -3.45. The molecule has 25 heavy (non-hydrogen) atoms. The molecule has 1 aliphatic rings. The zero-order chi connectivity index (χ0) is 17.4. The monoisotopic (exact) mass is 370 g/mol. The van der Waals surface area contributed by atoms with E-state index in [0.717, 1.165) is 21.1 Å². The van der Waals surface area contributed by atoms with Gasteiger partial charge in [-0.15, -0.1) is 11.3 Å². The standard InChI is InChI=1S/C19H18N2O2S2/c1-14-7-9-15(10-8-14)19-20-17-11-12-21(13-18(17)24-19)25(22,23)16-5-3-2-4-6-16/h2-10H,11-13H2,1H3. The Labute approximate surface area is 151 Å². The molecule has 0 bridgehead atoms. The predicted molar refractivity (Wildman–Crippen MR) is 100 cm³/mol. The average molecular weight is 370 g/mol. The number of sulfonamides is 1. The molecule has 0 spiro atoms. The van der Waals surface area contributed by atoms with Crippen LogP contribution in [0.2, 0.25) is 0 Å². The van der Waals surface area contributed by atoms with Gasteiger partial charge in [-0.25, -0.2) is 13.4 Å². The number of benzene rings is 2. The van der Waals surface area contributed by atoms with Crippen LogP contribution >= 0.6 is 11.3 Å². The van der Waals surface area contributed by atoms with Gasteiger partial charge < -0.3 is 0 Å². The molecule has 128 valence electrons. The van der Waals surface area contributed by atoms with Crippen LogP contribution in [-0.2, 0) is 23.0 Å². The minimum absolute atomic E-state index is 0.349. The van der Waals surface area contributed by atoms with E-state index in [9.17, 15) is 8.42 Å². The molecule has 2 heterocycles. The number of fused-ring (bicyclic) bond motifs is 1. The molecule has 1 aromatic heterocycles. The van der Waals surface area contributed by atoms with Crippen molar-refractivity contribution in [3.8, 4) is 10.6 Å². The van der Waals surface area contributed by atoms with E-state index in [1.165, 1.54) is 5.56 Å². The molecule has 6 heteroatoms. The lowest BCUT2D eigenvalue weighted by atomic mass is 10.1. The lowest BCUT2D eigenvalue weighted by molar-refractivity contribution is 0.393. The molecule has 0 N–H and O–H groups in total. The van der Waals surface area contributed by atoms with E-state index < -0.39 is 10.0 Å². The number of aryl methyl sites for hydroxylation is 1. The number of aromatic nitrogens is 1. The molecule has 4 rings (SSSR count). The Bertz CT molecular complexity index is 994. The molecule has 0 amide bonds. The van der Waals surface area contributed by atoms with Gasteiger partial charge in [0.05, 0.1) is 17.1 Å². The highest BCUT2D eigenvalue weighted by Crippen LogP contribution is 2.33. The molecule has 1 aliphatic heterocycles. The third-order valence-corrected chi connectivity index (χ3v) is 7.37. The van der Waals surface area contributed by atoms with Crippen molar-refractivity contribution < 1.29 is 8.42 Å². The second kappa shape index (κ2) is 6.37. The first-order valence-corrected chi connectivity index (χ1v) is 10.4. The SMILES string of the molecule is Cc1ccc(-c2nc3c(s2)CN(S(=O)(=O)c2ccccc2)CC3)cc1. The molecule has 0 radical (unpaired) electrons. The molecule has 0 aliphatic carbocycles. The highest BCUT2D eigenvalue weighted by Gasteiger charge is 2.30. The molecule has 4 nitrogen and oxygen atoms in total. The molecule has 0 fully saturated rings. The first-order chi connectivity index (χ1) is 12.0. The maximum atomic E-state index is 12.8. The smallest absolute Gasteiger partial charge is 0.241 e. The first kappa shape index (κ1) is 16.4. The Morgan fingerprint density at radius 1 is 1.04 bits per heavy atom. The third-order valence-electron chi connectivity index (χ3n) is 4.38. The second-order valence-corrected chi connectivity index (χ2v) is 9.18. The zero-order valence-corrected chi connectivity index (χ0v) is 15.5. The van der Waals surface area contributed by atoms with E-state index in [2.05, 4.69) is 31.2 Å². The van der Waals surface area contributed by atoms with Gasteiger partial charge in [0.25, 0.3) is 0 Å². The summed E-state index contributed by atoms with van der Waals surface area (Å²) in [6, 6.07) is 16.9. The van der Waals surface area contributed by atoms with Crippen LogP contribution in [0.5, 0.6) is 0 Å². The number of hydrogen-bond acceptors (Lipinski definition) is 4. The second-order valence-electron chi connectivity index (χ2n) is 6.16. The lowest BCUT2D eigenvalue weighted by Gasteiger charge is -2.25. The Hall–Kier alpha value is -2.02. The maximum Gasteiger partial charge on any atom is 0.243 e. The summed E-state index contributed by atoms with van der Waals surface area (Å²) in [4.78, 5) is 6.13. The number of thiazole rings is 1. The highest BCUT2D eigenvalue weighted by atomic mass is 32.2. The number of nitrogens with zero attached hydrogens (tertiary/aromatic N) is 2. The topological polar surface area (TPSA) is 50.3 Å². The van der Waals surface area contributed by atoms with E-state index in [4.69, 9.17) is 4.98 Å². The van der Waals surface area contributed by atoms with Crippen molar-refractivity contribution in [1.29, 1.82) is 0 Å². The van der Waals surface area contributed by atoms with Crippen LogP contribution in [0.25, 0.3) is 10.6 Å². The van der Waals surface area contributed by atoms with Crippen molar-refractivity contribution in [2.45, 2.75) is 24.8 Å². The molecular formula is C19H18N2O2S2. The van der Waals surface area contributed by atoms with Crippen LogP contribution in [0, 0.1) is 6.92 Å². The highest BCUT2D eigenvalue weighted by molar-refractivity contribution is 7.89. The minimum Gasteiger partial charge on any atom is -0.241 e. The van der Waals surface area contributed by atoms with Crippen LogP contribution in [-0.4, -0.2) is 24.3 Å². The predicted octanol–water partition coefficient (Wildman–Crippen LogP) is 3.87. The van der Waals surface area contributed by atoms with Crippen molar-refractivity contribution in [3.05, 3.63) is 70.7 Å². The summed E-state index contributed by atoms with van der Waals surface area (Å²) in [5, 5.41) is 0.962. The van der Waals surface area contributed by atoms with Crippen molar-refractivity contribution in [2.75, 3.05) is 6.54 Å². The summed E-state index contributed by atoms with van der Waals surface area (Å²) in [5.41, 5.74) is 3.33. The van der Waals surface area contributed by atoms with E-state index in [0.29, 0.717) is 24.4 Å². The average Bonchev–Trinajstić information content (AvgIpc) is 3.06. The number of hydrogen-bond donors (Lipinski definition) is 0. The first-order valence-electron chi connectivity index (χ1n) is 8.15. The molecular weight excluding hydrogens is 352 g/mol. The Morgan fingerprint density at radius 3 is 2.48 bits per heavy atom. The van der Waals surface area contributed by atoms with Crippen LogP contribution in [0.4, 0.5) is 0 Å². The largest absolute Gasteiger partial charge is 0.243 e. The van der Waals surface area contributed by atoms with Gasteiger partial charge in [-0.3, -0.25) is 0 Å². The summed E-state index contributed by atoms with van der Waals surface area (Å²) in [7, 11) is -3.45. The quantitative estimate of drug-likeness (QED) is 0.703. The number of rotatable bonds is 3. The zero-order valence-electron chi connectivity index (χ0n) is 13.8. The van der Waals surface area contributed by atoms with Crippen molar-refractivity contribution >= 4 is 21.4 Å². The Balaban J connectivity index is 1.63. The van der Waals surface area contributed by atoms with Crippen molar-refractivity contribution in [2.24, 2.45) is 0 Å². The maximum absolute atomic E-state index is 12.8. The molecule has 0 saturated carbocycles. The van der Waals surface area contributed by atoms with Crippen molar-refractivity contribution in [3.63, 3.8) is 0 Å². The fourth-order valence-electron chi connectivity index (χ4n) is 2.94. The van der Waals surface area contributed by atoms with E-state index in [1.807, 2.05) is 6.07 Å². The van der Waals surface area contributed by atoms with Gasteiger partial charge in [0.15, 0.2) is 0 Å². The Kier molecular flexibility index (Phi) is 4.19. The van der Waals surface area contributed by atoms with Crippen LogP contribution < -0.4 is 0 Å². The summed E-state index contributed by atoms with van der Waals surface area (Å²) in [5.74, 6) is 0. The van der Waals surface area contributed by atoms with Gasteiger partial charge in [-0.1, -0.05) is 48.0 Å². The van der Waals surface area contributed by atoms with Gasteiger partial charge in [0.2, 0.25) is 10.0 Å². The molecule has 3 aromatic rings. The van der Waals surface area contributed by atoms with E-state index in [-0.39, 0.29) is 0 Å². The molecule has 0 atom stereocenters. The van der Waals surface area contributed by atoms with Gasteiger partial charge >= 0.3 is 0 Å². The normalized spacial score (nSPS) is 15.1. The molecule has 0 unspecified atom stereocenters. The van der Waals surface area contributed by atoms with Gasteiger partial charge in [-0.2, -0.15) is 4.31 Å². The fraction of sp³-hybridized carbons (Fsp3) is 0.211. The summed E-state index contributed by atoms with van der Waals surface area (Å²) in [6.07, 6.45) is 0.657. The molecule has 2 aromatic carbocycles. The van der Waals surface area contributed by atoms with Gasteiger partial charge in [0.1, 0.15) is 5.01 Å². The Morgan fingerprint density at radius 2 is 1.76 bits per heavy atom.